The second-order valence-electron chi connectivity index (χ2n) is 9.73. The third-order valence-corrected chi connectivity index (χ3v) is 11.9. The van der Waals surface area contributed by atoms with Gasteiger partial charge in [-0.3, -0.25) is 6.67 Å². The molecule has 4 atom stereocenters. The molecule has 0 aromatic heterocycles. The van der Waals surface area contributed by atoms with E-state index >= 15 is 0 Å². The monoisotopic (exact) mass is 542 g/mol. The second kappa shape index (κ2) is 13.3. The topological polar surface area (TPSA) is 40.7 Å². The van der Waals surface area contributed by atoms with Crippen molar-refractivity contribution >= 4 is 32.4 Å². The van der Waals surface area contributed by atoms with Gasteiger partial charge in [0.25, 0.3) is 0 Å². The van der Waals surface area contributed by atoms with Crippen molar-refractivity contribution in [3.8, 4) is 5.75 Å². The Bertz CT molecular complexity index is 797. The zero-order chi connectivity index (χ0) is 23.3. The summed E-state index contributed by atoms with van der Waals surface area (Å²) in [5, 5.41) is 9.20. The first kappa shape index (κ1) is 29.1. The molecule has 1 heterocycles. The van der Waals surface area contributed by atoms with Crippen molar-refractivity contribution in [3.05, 3.63) is 66.1 Å². The number of halogens is 2. The Balaban J connectivity index is 0.000000914. The van der Waals surface area contributed by atoms with Crippen molar-refractivity contribution in [1.29, 1.82) is 0 Å². The molecule has 1 aliphatic heterocycles. The van der Waals surface area contributed by atoms with Crippen LogP contribution in [0.1, 0.15) is 25.8 Å². The van der Waals surface area contributed by atoms with E-state index < -0.39 is 25.3 Å². The zero-order valence-electron chi connectivity index (χ0n) is 20.8. The third-order valence-electron chi connectivity index (χ3n) is 7.53. The average Bonchev–Trinajstić information content (AvgIpc) is 3.21. The molecule has 1 saturated heterocycles. The number of hydrogen-bond donors (Lipinski definition) is 0. The van der Waals surface area contributed by atoms with Crippen molar-refractivity contribution in [1.82, 2.24) is 4.57 Å². The van der Waals surface area contributed by atoms with E-state index in [1.165, 1.54) is 17.6 Å². The Morgan fingerprint density at radius 2 is 1.73 bits per heavy atom. The number of hydrogen-bond acceptors (Lipinski definition) is 2. The molecular weight excluding hydrogens is 505 g/mol. The Hall–Kier alpha value is -0.109. The molecule has 180 valence electrons. The van der Waals surface area contributed by atoms with E-state index in [-0.39, 0.29) is 7.43 Å². The Labute approximate surface area is 219 Å². The van der Waals surface area contributed by atoms with Crippen molar-refractivity contribution < 1.29 is 21.8 Å². The normalized spacial score (nSPS) is 27.3. The summed E-state index contributed by atoms with van der Waals surface area (Å²) < 4.78 is 7.99. The molecule has 3 aliphatic rings. The maximum atomic E-state index is 5.37. The molecule has 0 N–H and O–H groups in total. The molecule has 4 rings (SSSR count). The van der Waals surface area contributed by atoms with Crippen molar-refractivity contribution in [2.24, 2.45) is 23.7 Å². The fourth-order valence-corrected chi connectivity index (χ4v) is 10.1. The molecule has 0 bridgehead atoms. The third kappa shape index (κ3) is 6.56. The van der Waals surface area contributed by atoms with E-state index in [0.29, 0.717) is 24.4 Å². The van der Waals surface area contributed by atoms with Crippen molar-refractivity contribution in [2.45, 2.75) is 38.9 Å². The Morgan fingerprint density at radius 1 is 1.12 bits per heavy atom. The van der Waals surface area contributed by atoms with E-state index in [2.05, 4.69) is 84.6 Å². The van der Waals surface area contributed by atoms with Crippen LogP contribution >= 0.6 is 18.6 Å². The molecular formula is C25H38Cl2N3OSiTi+. The fraction of sp³-hybridized carbons (Fsp3) is 0.560. The van der Waals surface area contributed by atoms with Gasteiger partial charge in [0.2, 0.25) is 0 Å². The van der Waals surface area contributed by atoms with Crippen LogP contribution in [-0.4, -0.2) is 39.9 Å². The first-order valence-corrected chi connectivity index (χ1v) is 18.7. The SMILES string of the molecule is COc1ccc(C2=CC=CC3C2CC(C(C)C)C3[Si](C)(C)N2C[N-]C[N-]C2)cc1.[CH3-].[Cl][Ti+4][Cl]. The second-order valence-corrected chi connectivity index (χ2v) is 16.9. The molecule has 0 radical (unpaired) electrons. The molecule has 1 aromatic carbocycles. The summed E-state index contributed by atoms with van der Waals surface area (Å²) >= 11 is -0.556. The van der Waals surface area contributed by atoms with E-state index in [1.54, 1.807) is 7.11 Å². The molecule has 0 amide bonds. The molecule has 0 spiro atoms. The summed E-state index contributed by atoms with van der Waals surface area (Å²) in [4.78, 5) is 0. The summed E-state index contributed by atoms with van der Waals surface area (Å²) in [6, 6.07) is 8.63. The first-order chi connectivity index (χ1) is 15.3. The minimum atomic E-state index is -1.70. The number of nitrogens with zero attached hydrogens (tertiary/aromatic N) is 3. The Morgan fingerprint density at radius 3 is 2.27 bits per heavy atom. The van der Waals surface area contributed by atoms with Crippen LogP contribution < -0.4 is 4.74 Å². The predicted octanol–water partition coefficient (Wildman–Crippen LogP) is 7.89. The van der Waals surface area contributed by atoms with Gasteiger partial charge in [0.15, 0.2) is 0 Å². The maximum absolute atomic E-state index is 5.37. The first-order valence-electron chi connectivity index (χ1n) is 11.4. The van der Waals surface area contributed by atoms with Crippen LogP contribution in [0.25, 0.3) is 16.2 Å². The minimum absolute atomic E-state index is 0. The molecule has 8 heteroatoms. The van der Waals surface area contributed by atoms with Gasteiger partial charge in [-0.2, -0.15) is 0 Å². The number of benzene rings is 1. The van der Waals surface area contributed by atoms with E-state index in [0.717, 1.165) is 30.5 Å². The van der Waals surface area contributed by atoms with Gasteiger partial charge in [0.1, 0.15) is 14.0 Å². The van der Waals surface area contributed by atoms with Crippen molar-refractivity contribution in [3.63, 3.8) is 0 Å². The van der Waals surface area contributed by atoms with E-state index in [1.807, 2.05) is 0 Å². The van der Waals surface area contributed by atoms with E-state index in [4.69, 9.17) is 23.3 Å². The fourth-order valence-electron chi connectivity index (χ4n) is 5.93. The standard InChI is InChI=1S/C24H35N3OSi.CH3.2ClH.Ti/c1-17(2)22-13-23-20(18-9-11-19(28-3)12-10-18)7-6-8-21(23)24(22)29(4,5)27-15-25-14-26-16-27;;;;/h6-12,17,21-24H,13-16H2,1-5H3;1H3;2*1H;/q-2;-1;;;+6/p-2. The molecule has 2 aliphatic carbocycles. The van der Waals surface area contributed by atoms with Gasteiger partial charge in [-0.15, -0.1) is 13.3 Å². The van der Waals surface area contributed by atoms with Crippen molar-refractivity contribution in [2.75, 3.05) is 27.1 Å². The van der Waals surface area contributed by atoms with Gasteiger partial charge in [-0.25, -0.2) is 0 Å². The number of rotatable bonds is 5. The number of ether oxygens (including phenoxy) is 1. The van der Waals surface area contributed by atoms with Gasteiger partial charge in [0.05, 0.1) is 7.11 Å². The van der Waals surface area contributed by atoms with Crippen LogP contribution in [0.15, 0.2) is 42.5 Å². The summed E-state index contributed by atoms with van der Waals surface area (Å²) in [6.45, 7) is 12.4. The summed E-state index contributed by atoms with van der Waals surface area (Å²) in [6.07, 6.45) is 8.46. The van der Waals surface area contributed by atoms with Crippen LogP contribution in [0.2, 0.25) is 18.6 Å². The molecule has 33 heavy (non-hydrogen) atoms. The van der Waals surface area contributed by atoms with E-state index in [9.17, 15) is 0 Å². The van der Waals surface area contributed by atoms with Crippen LogP contribution in [-0.2, 0) is 17.0 Å². The van der Waals surface area contributed by atoms with Crippen LogP contribution in [0.3, 0.4) is 0 Å². The van der Waals surface area contributed by atoms with Gasteiger partial charge in [0, 0.05) is 0 Å². The summed E-state index contributed by atoms with van der Waals surface area (Å²) in [5.41, 5.74) is 3.58. The van der Waals surface area contributed by atoms with Gasteiger partial charge >= 0.3 is 35.6 Å². The summed E-state index contributed by atoms with van der Waals surface area (Å²) in [7, 11) is 9.81. The molecule has 4 nitrogen and oxygen atoms in total. The van der Waals surface area contributed by atoms with Gasteiger partial charge < -0.3 is 27.4 Å². The predicted molar refractivity (Wildman–Crippen MR) is 143 cm³/mol. The molecule has 1 saturated carbocycles. The van der Waals surface area contributed by atoms with Crippen LogP contribution in [0.4, 0.5) is 0 Å². The molecule has 4 unspecified atom stereocenters. The quantitative estimate of drug-likeness (QED) is 0.280. The number of fused-ring (bicyclic) bond motifs is 1. The average molecular weight is 543 g/mol. The molecule has 1 aromatic rings. The van der Waals surface area contributed by atoms with Gasteiger partial charge in [-0.1, -0.05) is 57.3 Å². The van der Waals surface area contributed by atoms with Gasteiger partial charge in [-0.05, 0) is 58.9 Å². The number of methoxy groups -OCH3 is 1. The van der Waals surface area contributed by atoms with Crippen LogP contribution in [0, 0.1) is 31.1 Å². The van der Waals surface area contributed by atoms with Crippen LogP contribution in [0.5, 0.6) is 5.75 Å². The Kier molecular flexibility index (Phi) is 11.7. The number of allylic oxidation sites excluding steroid dienone is 4. The summed E-state index contributed by atoms with van der Waals surface area (Å²) in [5.74, 6) is 3.59. The molecule has 2 fully saturated rings. The zero-order valence-corrected chi connectivity index (χ0v) is 24.8.